The standard InChI is InChI=1S/C11H20N2/c1-3-4-11(13-12)10-7-5-9(2)6-8-10/h1,9-11,13H,4-8,12H2,2H3. The van der Waals surface area contributed by atoms with Gasteiger partial charge in [-0.3, -0.25) is 11.3 Å². The largest absolute Gasteiger partial charge is 0.271 e. The van der Waals surface area contributed by atoms with Gasteiger partial charge in [0.25, 0.3) is 0 Å². The third-order valence-electron chi connectivity index (χ3n) is 3.18. The lowest BCUT2D eigenvalue weighted by molar-refractivity contribution is 0.233. The second-order valence-corrected chi connectivity index (χ2v) is 4.20. The predicted octanol–water partition coefficient (Wildman–Crippen LogP) is 1.67. The molecule has 1 unspecified atom stereocenters. The summed E-state index contributed by atoms with van der Waals surface area (Å²) in [6.45, 7) is 2.32. The zero-order valence-corrected chi connectivity index (χ0v) is 8.42. The minimum Gasteiger partial charge on any atom is -0.271 e. The third-order valence-corrected chi connectivity index (χ3v) is 3.18. The zero-order valence-electron chi connectivity index (χ0n) is 8.42. The molecule has 74 valence electrons. The summed E-state index contributed by atoms with van der Waals surface area (Å²) in [5.74, 6) is 9.74. The Kier molecular flexibility index (Phi) is 4.27. The van der Waals surface area contributed by atoms with Gasteiger partial charge >= 0.3 is 0 Å². The number of nitrogens with two attached hydrogens (primary N) is 1. The van der Waals surface area contributed by atoms with E-state index in [2.05, 4.69) is 18.3 Å². The van der Waals surface area contributed by atoms with Crippen LogP contribution in [0.25, 0.3) is 0 Å². The van der Waals surface area contributed by atoms with Gasteiger partial charge in [0.1, 0.15) is 0 Å². The Balaban J connectivity index is 2.37. The summed E-state index contributed by atoms with van der Waals surface area (Å²) in [6.07, 6.45) is 11.3. The topological polar surface area (TPSA) is 38.0 Å². The fourth-order valence-corrected chi connectivity index (χ4v) is 2.18. The van der Waals surface area contributed by atoms with E-state index >= 15 is 0 Å². The maximum Gasteiger partial charge on any atom is 0.0348 e. The number of hydrazine groups is 1. The summed E-state index contributed by atoms with van der Waals surface area (Å²) in [5.41, 5.74) is 2.85. The van der Waals surface area contributed by atoms with Crippen LogP contribution in [0.5, 0.6) is 0 Å². The van der Waals surface area contributed by atoms with Crippen molar-refractivity contribution in [2.45, 2.75) is 45.1 Å². The molecule has 0 aromatic rings. The van der Waals surface area contributed by atoms with E-state index < -0.39 is 0 Å². The molecule has 1 fully saturated rings. The molecule has 1 rings (SSSR count). The van der Waals surface area contributed by atoms with Gasteiger partial charge in [0, 0.05) is 12.5 Å². The quantitative estimate of drug-likeness (QED) is 0.394. The van der Waals surface area contributed by atoms with Crippen molar-refractivity contribution in [3.8, 4) is 12.3 Å². The van der Waals surface area contributed by atoms with Gasteiger partial charge in [-0.05, 0) is 24.7 Å². The highest BCUT2D eigenvalue weighted by Crippen LogP contribution is 2.30. The molecular formula is C11H20N2. The highest BCUT2D eigenvalue weighted by Gasteiger charge is 2.24. The van der Waals surface area contributed by atoms with Crippen LogP contribution >= 0.6 is 0 Å². The first kappa shape index (κ1) is 10.6. The maximum atomic E-state index is 5.48. The normalized spacial score (nSPS) is 30.8. The van der Waals surface area contributed by atoms with Crippen LogP contribution in [0.4, 0.5) is 0 Å². The Labute approximate surface area is 81.2 Å². The summed E-state index contributed by atoms with van der Waals surface area (Å²) >= 11 is 0. The molecule has 2 heteroatoms. The van der Waals surface area contributed by atoms with E-state index in [9.17, 15) is 0 Å². The van der Waals surface area contributed by atoms with Crippen LogP contribution in [0.1, 0.15) is 39.0 Å². The van der Waals surface area contributed by atoms with Crippen molar-refractivity contribution >= 4 is 0 Å². The van der Waals surface area contributed by atoms with E-state index in [4.69, 9.17) is 12.3 Å². The average Bonchev–Trinajstić information content (AvgIpc) is 2.16. The van der Waals surface area contributed by atoms with Gasteiger partial charge in [-0.15, -0.1) is 12.3 Å². The van der Waals surface area contributed by atoms with E-state index in [1.165, 1.54) is 25.7 Å². The minimum absolute atomic E-state index is 0.331. The van der Waals surface area contributed by atoms with Crippen LogP contribution < -0.4 is 11.3 Å². The maximum absolute atomic E-state index is 5.48. The fraction of sp³-hybridized carbons (Fsp3) is 0.818. The number of rotatable bonds is 3. The third kappa shape index (κ3) is 3.02. The highest BCUT2D eigenvalue weighted by molar-refractivity contribution is 4.92. The molecular weight excluding hydrogens is 160 g/mol. The molecule has 0 aromatic heterocycles. The predicted molar refractivity (Wildman–Crippen MR) is 55.7 cm³/mol. The van der Waals surface area contributed by atoms with Crippen LogP contribution in [0, 0.1) is 24.2 Å². The van der Waals surface area contributed by atoms with Gasteiger partial charge in [0.2, 0.25) is 0 Å². The Morgan fingerprint density at radius 2 is 2.08 bits per heavy atom. The molecule has 0 radical (unpaired) electrons. The second kappa shape index (κ2) is 5.26. The fourth-order valence-electron chi connectivity index (χ4n) is 2.18. The molecule has 2 nitrogen and oxygen atoms in total. The number of hydrogen-bond acceptors (Lipinski definition) is 2. The van der Waals surface area contributed by atoms with Gasteiger partial charge in [0.05, 0.1) is 0 Å². The van der Waals surface area contributed by atoms with Crippen molar-refractivity contribution in [3.63, 3.8) is 0 Å². The molecule has 0 amide bonds. The first-order valence-corrected chi connectivity index (χ1v) is 5.17. The van der Waals surface area contributed by atoms with Crippen molar-refractivity contribution < 1.29 is 0 Å². The van der Waals surface area contributed by atoms with Crippen molar-refractivity contribution in [1.29, 1.82) is 0 Å². The van der Waals surface area contributed by atoms with Crippen molar-refractivity contribution in [2.24, 2.45) is 17.7 Å². The number of nitrogens with one attached hydrogen (secondary N) is 1. The molecule has 1 aliphatic rings. The first-order valence-electron chi connectivity index (χ1n) is 5.17. The van der Waals surface area contributed by atoms with Crippen LogP contribution in [0.2, 0.25) is 0 Å². The Morgan fingerprint density at radius 3 is 2.54 bits per heavy atom. The molecule has 0 bridgehead atoms. The van der Waals surface area contributed by atoms with Crippen molar-refractivity contribution in [3.05, 3.63) is 0 Å². The molecule has 0 saturated heterocycles. The van der Waals surface area contributed by atoms with Gasteiger partial charge in [-0.1, -0.05) is 19.8 Å². The van der Waals surface area contributed by atoms with Crippen LogP contribution in [0.15, 0.2) is 0 Å². The smallest absolute Gasteiger partial charge is 0.0348 e. The van der Waals surface area contributed by atoms with Gasteiger partial charge in [-0.2, -0.15) is 0 Å². The summed E-state index contributed by atoms with van der Waals surface area (Å²) in [5, 5.41) is 0. The van der Waals surface area contributed by atoms with Crippen molar-refractivity contribution in [1.82, 2.24) is 5.43 Å². The monoisotopic (exact) mass is 180 g/mol. The van der Waals surface area contributed by atoms with Crippen LogP contribution in [-0.4, -0.2) is 6.04 Å². The van der Waals surface area contributed by atoms with E-state index in [1.54, 1.807) is 0 Å². The minimum atomic E-state index is 0.331. The van der Waals surface area contributed by atoms with E-state index in [1.807, 2.05) is 0 Å². The molecule has 0 spiro atoms. The summed E-state index contributed by atoms with van der Waals surface area (Å²) in [6, 6.07) is 0.331. The Morgan fingerprint density at radius 1 is 1.46 bits per heavy atom. The molecule has 0 aromatic carbocycles. The molecule has 13 heavy (non-hydrogen) atoms. The molecule has 3 N–H and O–H groups in total. The Hall–Kier alpha value is -0.520. The van der Waals surface area contributed by atoms with E-state index in [-0.39, 0.29) is 0 Å². The van der Waals surface area contributed by atoms with Gasteiger partial charge < -0.3 is 0 Å². The number of hydrogen-bond donors (Lipinski definition) is 2. The van der Waals surface area contributed by atoms with E-state index in [0.29, 0.717) is 12.0 Å². The van der Waals surface area contributed by atoms with Crippen LogP contribution in [0.3, 0.4) is 0 Å². The lowest BCUT2D eigenvalue weighted by Crippen LogP contribution is -2.41. The average molecular weight is 180 g/mol. The number of terminal acetylenes is 1. The summed E-state index contributed by atoms with van der Waals surface area (Å²) < 4.78 is 0. The summed E-state index contributed by atoms with van der Waals surface area (Å²) in [7, 11) is 0. The lowest BCUT2D eigenvalue weighted by atomic mass is 9.78. The SMILES string of the molecule is C#CCC(NN)C1CCC(C)CC1. The zero-order chi connectivity index (χ0) is 9.68. The highest BCUT2D eigenvalue weighted by atomic mass is 15.2. The van der Waals surface area contributed by atoms with Gasteiger partial charge in [-0.25, -0.2) is 0 Å². The van der Waals surface area contributed by atoms with Crippen LogP contribution in [-0.2, 0) is 0 Å². The molecule has 1 aliphatic carbocycles. The Bertz CT molecular complexity index is 175. The first-order chi connectivity index (χ1) is 6.27. The molecule has 0 aliphatic heterocycles. The molecule has 1 saturated carbocycles. The molecule has 0 heterocycles. The van der Waals surface area contributed by atoms with Crippen molar-refractivity contribution in [2.75, 3.05) is 0 Å². The lowest BCUT2D eigenvalue weighted by Gasteiger charge is -2.31. The molecule has 1 atom stereocenters. The van der Waals surface area contributed by atoms with Gasteiger partial charge in [0.15, 0.2) is 0 Å². The second-order valence-electron chi connectivity index (χ2n) is 4.20. The van der Waals surface area contributed by atoms with E-state index in [0.717, 1.165) is 12.3 Å². The summed E-state index contributed by atoms with van der Waals surface area (Å²) in [4.78, 5) is 0.